The molecule has 0 saturated carbocycles. The van der Waals surface area contributed by atoms with Crippen molar-refractivity contribution in [1.82, 2.24) is 0 Å². The summed E-state index contributed by atoms with van der Waals surface area (Å²) in [6.45, 7) is 0.744. The summed E-state index contributed by atoms with van der Waals surface area (Å²) in [6.07, 6.45) is 1.34. The van der Waals surface area contributed by atoms with Crippen molar-refractivity contribution in [3.05, 3.63) is 69.8 Å². The van der Waals surface area contributed by atoms with Crippen molar-refractivity contribution in [3.8, 4) is 11.5 Å². The SMILES string of the molecule is CCOC(=O)[C@](C[N+](=O)[O-])(O/N=C/c1ccc(OC)cc1)c1cccc(OC)c1. The van der Waals surface area contributed by atoms with Gasteiger partial charge in [0.25, 0.3) is 6.54 Å². The maximum atomic E-state index is 12.7. The summed E-state index contributed by atoms with van der Waals surface area (Å²) in [5.41, 5.74) is -1.23. The van der Waals surface area contributed by atoms with Crippen LogP contribution in [0.4, 0.5) is 0 Å². The van der Waals surface area contributed by atoms with E-state index in [4.69, 9.17) is 19.0 Å². The van der Waals surface area contributed by atoms with Gasteiger partial charge in [0.15, 0.2) is 0 Å². The van der Waals surface area contributed by atoms with Crippen LogP contribution < -0.4 is 9.47 Å². The van der Waals surface area contributed by atoms with Crippen LogP contribution in [0.3, 0.4) is 0 Å². The Bertz CT molecular complexity index is 867. The highest BCUT2D eigenvalue weighted by atomic mass is 16.7. The number of ether oxygens (including phenoxy) is 3. The summed E-state index contributed by atoms with van der Waals surface area (Å²) in [7, 11) is 2.99. The van der Waals surface area contributed by atoms with Crippen LogP contribution in [-0.4, -0.2) is 44.5 Å². The zero-order chi connectivity index (χ0) is 21.3. The topological polar surface area (TPSA) is 109 Å². The first-order valence-electron chi connectivity index (χ1n) is 8.74. The molecule has 0 aromatic heterocycles. The number of nitrogens with zero attached hydrogens (tertiary/aromatic N) is 2. The van der Waals surface area contributed by atoms with E-state index in [1.807, 2.05) is 0 Å². The summed E-state index contributed by atoms with van der Waals surface area (Å²) in [5, 5.41) is 15.2. The quantitative estimate of drug-likeness (QED) is 0.260. The third-order valence-electron chi connectivity index (χ3n) is 4.02. The third kappa shape index (κ3) is 5.44. The molecule has 9 heteroatoms. The summed E-state index contributed by atoms with van der Waals surface area (Å²) < 4.78 is 15.3. The second-order valence-corrected chi connectivity index (χ2v) is 5.87. The van der Waals surface area contributed by atoms with Gasteiger partial charge in [-0.1, -0.05) is 17.3 Å². The van der Waals surface area contributed by atoms with E-state index in [-0.39, 0.29) is 12.2 Å². The molecule has 29 heavy (non-hydrogen) atoms. The monoisotopic (exact) mass is 402 g/mol. The van der Waals surface area contributed by atoms with Gasteiger partial charge in [0.2, 0.25) is 0 Å². The van der Waals surface area contributed by atoms with Crippen LogP contribution in [-0.2, 0) is 20.0 Å². The van der Waals surface area contributed by atoms with E-state index in [1.54, 1.807) is 50.4 Å². The first kappa shape index (κ1) is 21.7. The van der Waals surface area contributed by atoms with Crippen LogP contribution in [0.25, 0.3) is 0 Å². The molecule has 0 heterocycles. The van der Waals surface area contributed by atoms with Crippen molar-refractivity contribution < 1.29 is 28.8 Å². The zero-order valence-electron chi connectivity index (χ0n) is 16.4. The molecule has 0 radical (unpaired) electrons. The average Bonchev–Trinajstić information content (AvgIpc) is 2.73. The summed E-state index contributed by atoms with van der Waals surface area (Å²) in [6, 6.07) is 13.1. The molecule has 154 valence electrons. The van der Waals surface area contributed by atoms with Gasteiger partial charge in [-0.2, -0.15) is 0 Å². The van der Waals surface area contributed by atoms with Crippen molar-refractivity contribution in [2.75, 3.05) is 27.4 Å². The number of esters is 1. The fraction of sp³-hybridized carbons (Fsp3) is 0.300. The molecule has 2 rings (SSSR count). The van der Waals surface area contributed by atoms with Crippen LogP contribution in [0.2, 0.25) is 0 Å². The summed E-state index contributed by atoms with van der Waals surface area (Å²) >= 11 is 0. The fourth-order valence-electron chi connectivity index (χ4n) is 2.56. The molecular formula is C20H22N2O7. The Kier molecular flexibility index (Phi) is 7.53. The standard InChI is InChI=1S/C20H22N2O7/c1-4-28-19(23)20(14-22(24)25,16-6-5-7-18(12-16)27-3)29-21-13-15-8-10-17(26-2)11-9-15/h5-13H,4,14H2,1-3H3/b21-13+/t20-/m1/s1. The van der Waals surface area contributed by atoms with Gasteiger partial charge >= 0.3 is 11.6 Å². The van der Waals surface area contributed by atoms with E-state index in [0.29, 0.717) is 17.1 Å². The number of nitro groups is 1. The van der Waals surface area contributed by atoms with Gasteiger partial charge < -0.3 is 19.0 Å². The molecule has 0 aliphatic carbocycles. The zero-order valence-corrected chi connectivity index (χ0v) is 16.4. The number of rotatable bonds is 10. The summed E-state index contributed by atoms with van der Waals surface area (Å²) in [4.78, 5) is 28.9. The molecular weight excluding hydrogens is 380 g/mol. The minimum Gasteiger partial charge on any atom is -0.497 e. The van der Waals surface area contributed by atoms with Crippen molar-refractivity contribution in [1.29, 1.82) is 0 Å². The lowest BCUT2D eigenvalue weighted by molar-refractivity contribution is -0.501. The van der Waals surface area contributed by atoms with Gasteiger partial charge in [-0.3, -0.25) is 10.1 Å². The van der Waals surface area contributed by atoms with Crippen LogP contribution in [0.5, 0.6) is 11.5 Å². The van der Waals surface area contributed by atoms with E-state index < -0.39 is 23.0 Å². The molecule has 0 N–H and O–H groups in total. The smallest absolute Gasteiger partial charge is 0.365 e. The Morgan fingerprint density at radius 1 is 1.14 bits per heavy atom. The van der Waals surface area contributed by atoms with Gasteiger partial charge in [0.1, 0.15) is 11.5 Å². The van der Waals surface area contributed by atoms with E-state index >= 15 is 0 Å². The molecule has 2 aromatic carbocycles. The number of methoxy groups -OCH3 is 2. The first-order valence-corrected chi connectivity index (χ1v) is 8.74. The second-order valence-electron chi connectivity index (χ2n) is 5.87. The number of carbonyl (C=O) groups excluding carboxylic acids is 1. The van der Waals surface area contributed by atoms with Gasteiger partial charge in [0.05, 0.1) is 27.0 Å². The number of hydrogen-bond donors (Lipinski definition) is 0. The fourth-order valence-corrected chi connectivity index (χ4v) is 2.56. The number of benzene rings is 2. The van der Waals surface area contributed by atoms with Crippen LogP contribution in [0.15, 0.2) is 53.7 Å². The predicted molar refractivity (Wildman–Crippen MR) is 105 cm³/mol. The Balaban J connectivity index is 2.43. The largest absolute Gasteiger partial charge is 0.497 e. The average molecular weight is 402 g/mol. The lowest BCUT2D eigenvalue weighted by Gasteiger charge is -2.26. The highest BCUT2D eigenvalue weighted by molar-refractivity contribution is 5.83. The van der Waals surface area contributed by atoms with Crippen LogP contribution in [0.1, 0.15) is 18.1 Å². The van der Waals surface area contributed by atoms with E-state index in [0.717, 1.165) is 0 Å². The number of hydrogen-bond acceptors (Lipinski definition) is 8. The highest BCUT2D eigenvalue weighted by Gasteiger charge is 2.51. The van der Waals surface area contributed by atoms with Crippen molar-refractivity contribution in [2.24, 2.45) is 5.16 Å². The Labute approximate surface area is 168 Å². The van der Waals surface area contributed by atoms with Crippen LogP contribution in [0, 0.1) is 10.1 Å². The van der Waals surface area contributed by atoms with Crippen molar-refractivity contribution in [2.45, 2.75) is 12.5 Å². The van der Waals surface area contributed by atoms with Gasteiger partial charge in [-0.05, 0) is 48.9 Å². The van der Waals surface area contributed by atoms with Gasteiger partial charge in [-0.25, -0.2) is 4.79 Å². The Hall–Kier alpha value is -3.62. The molecule has 0 spiro atoms. The lowest BCUT2D eigenvalue weighted by atomic mass is 9.93. The summed E-state index contributed by atoms with van der Waals surface area (Å²) in [5.74, 6) is 0.146. The van der Waals surface area contributed by atoms with Crippen LogP contribution >= 0.6 is 0 Å². The molecule has 0 amide bonds. The number of oxime groups is 1. The minimum absolute atomic E-state index is 0.0216. The molecule has 0 bridgehead atoms. The Morgan fingerprint density at radius 2 is 1.83 bits per heavy atom. The molecule has 1 atom stereocenters. The maximum Gasteiger partial charge on any atom is 0.365 e. The molecule has 0 aliphatic heterocycles. The molecule has 0 aliphatic rings. The molecule has 0 saturated heterocycles. The predicted octanol–water partition coefficient (Wildman–Crippen LogP) is 2.79. The second kappa shape index (κ2) is 10.1. The van der Waals surface area contributed by atoms with E-state index in [1.165, 1.54) is 25.5 Å². The van der Waals surface area contributed by atoms with Crippen molar-refractivity contribution >= 4 is 12.2 Å². The van der Waals surface area contributed by atoms with Crippen molar-refractivity contribution in [3.63, 3.8) is 0 Å². The Morgan fingerprint density at radius 3 is 2.41 bits per heavy atom. The normalized spacial score (nSPS) is 12.8. The third-order valence-corrected chi connectivity index (χ3v) is 4.02. The maximum absolute atomic E-state index is 12.7. The van der Waals surface area contributed by atoms with Gasteiger partial charge in [0, 0.05) is 10.5 Å². The molecule has 9 nitrogen and oxygen atoms in total. The minimum atomic E-state index is -2.07. The van der Waals surface area contributed by atoms with Gasteiger partial charge in [-0.15, -0.1) is 0 Å². The molecule has 0 fully saturated rings. The molecule has 2 aromatic rings. The lowest BCUT2D eigenvalue weighted by Crippen LogP contribution is -2.45. The molecule has 0 unspecified atom stereocenters. The number of carbonyl (C=O) groups is 1. The first-order chi connectivity index (χ1) is 13.9. The van der Waals surface area contributed by atoms with E-state index in [2.05, 4.69) is 5.16 Å². The van der Waals surface area contributed by atoms with E-state index in [9.17, 15) is 14.9 Å². The highest BCUT2D eigenvalue weighted by Crippen LogP contribution is 2.31.